The van der Waals surface area contributed by atoms with Crippen molar-refractivity contribution in [2.75, 3.05) is 0 Å². The summed E-state index contributed by atoms with van der Waals surface area (Å²) in [6, 6.07) is 11.8. The number of aliphatic hydroxyl groups excluding tert-OH is 1. The smallest absolute Gasteiger partial charge is 0.101 e. The molecule has 4 heteroatoms. The fourth-order valence-electron chi connectivity index (χ4n) is 1.39. The molecule has 0 radical (unpaired) electrons. The molecule has 2 rings (SSSR count). The molecular formula is C13H12BrNOS. The third-order valence-electron chi connectivity index (χ3n) is 2.26. The predicted molar refractivity (Wildman–Crippen MR) is 73.1 cm³/mol. The van der Waals surface area contributed by atoms with Gasteiger partial charge < -0.3 is 5.11 Å². The van der Waals surface area contributed by atoms with Gasteiger partial charge in [0.15, 0.2) is 0 Å². The maximum atomic E-state index is 9.51. The van der Waals surface area contributed by atoms with Crippen molar-refractivity contribution in [2.24, 2.45) is 0 Å². The van der Waals surface area contributed by atoms with Gasteiger partial charge in [0.05, 0.1) is 6.10 Å². The Kier molecular flexibility index (Phi) is 4.20. The highest BCUT2D eigenvalue weighted by Crippen LogP contribution is 2.29. The van der Waals surface area contributed by atoms with Crippen molar-refractivity contribution in [3.63, 3.8) is 0 Å². The molecule has 1 aromatic carbocycles. The minimum absolute atomic E-state index is 0.458. The van der Waals surface area contributed by atoms with Crippen LogP contribution in [0.2, 0.25) is 0 Å². The van der Waals surface area contributed by atoms with Gasteiger partial charge >= 0.3 is 0 Å². The molecule has 1 heterocycles. The van der Waals surface area contributed by atoms with Gasteiger partial charge in [-0.3, -0.25) is 0 Å². The van der Waals surface area contributed by atoms with Crippen molar-refractivity contribution in [1.82, 2.24) is 4.98 Å². The third-order valence-corrected chi connectivity index (χ3v) is 3.68. The number of pyridine rings is 1. The number of benzene rings is 1. The van der Waals surface area contributed by atoms with E-state index >= 15 is 0 Å². The van der Waals surface area contributed by atoms with Crippen molar-refractivity contribution >= 4 is 27.7 Å². The Morgan fingerprint density at radius 1 is 1.29 bits per heavy atom. The first-order valence-electron chi connectivity index (χ1n) is 5.22. The first-order valence-corrected chi connectivity index (χ1v) is 6.83. The van der Waals surface area contributed by atoms with Gasteiger partial charge in [0.25, 0.3) is 0 Å². The minimum atomic E-state index is -0.458. The number of aliphatic hydroxyl groups is 1. The molecule has 0 bridgehead atoms. The number of hydrogen-bond acceptors (Lipinski definition) is 3. The van der Waals surface area contributed by atoms with Gasteiger partial charge in [-0.15, -0.1) is 0 Å². The van der Waals surface area contributed by atoms with Crippen LogP contribution in [0.3, 0.4) is 0 Å². The second kappa shape index (κ2) is 5.67. The maximum Gasteiger partial charge on any atom is 0.101 e. The molecule has 88 valence electrons. The molecule has 0 amide bonds. The fourth-order valence-corrected chi connectivity index (χ4v) is 2.82. The summed E-state index contributed by atoms with van der Waals surface area (Å²) in [5.41, 5.74) is 0.887. The summed E-state index contributed by atoms with van der Waals surface area (Å²) in [5, 5.41) is 10.4. The lowest BCUT2D eigenvalue weighted by Gasteiger charge is -2.06. The van der Waals surface area contributed by atoms with Gasteiger partial charge in [-0.05, 0) is 42.8 Å². The van der Waals surface area contributed by atoms with E-state index in [0.717, 1.165) is 20.0 Å². The zero-order valence-corrected chi connectivity index (χ0v) is 11.7. The van der Waals surface area contributed by atoms with Crippen molar-refractivity contribution in [2.45, 2.75) is 22.9 Å². The Hall–Kier alpha value is -0.840. The molecule has 0 aliphatic carbocycles. The maximum absolute atomic E-state index is 9.51. The molecule has 1 N–H and O–H groups in total. The fraction of sp³-hybridized carbons (Fsp3) is 0.154. The van der Waals surface area contributed by atoms with Crippen LogP contribution >= 0.6 is 27.7 Å². The van der Waals surface area contributed by atoms with Crippen LogP contribution in [-0.2, 0) is 0 Å². The standard InChI is InChI=1S/C13H12BrNOS/c1-9(16)10-5-6-15-13(7-10)17-12-4-2-3-11(14)8-12/h2-9,16H,1H3/t9-/m1/s1. The number of aromatic nitrogens is 1. The predicted octanol–water partition coefficient (Wildman–Crippen LogP) is 4.05. The molecule has 1 atom stereocenters. The van der Waals surface area contributed by atoms with Crippen molar-refractivity contribution in [3.05, 3.63) is 52.6 Å². The molecule has 0 aliphatic rings. The van der Waals surface area contributed by atoms with E-state index in [9.17, 15) is 5.11 Å². The van der Waals surface area contributed by atoms with Gasteiger partial charge in [-0.1, -0.05) is 33.8 Å². The topological polar surface area (TPSA) is 33.1 Å². The van der Waals surface area contributed by atoms with E-state index in [2.05, 4.69) is 20.9 Å². The van der Waals surface area contributed by atoms with Crippen molar-refractivity contribution in [3.8, 4) is 0 Å². The van der Waals surface area contributed by atoms with Crippen LogP contribution in [0.15, 0.2) is 57.0 Å². The average Bonchev–Trinajstić information content (AvgIpc) is 2.29. The van der Waals surface area contributed by atoms with Gasteiger partial charge in [-0.2, -0.15) is 0 Å². The van der Waals surface area contributed by atoms with E-state index in [-0.39, 0.29) is 0 Å². The molecular weight excluding hydrogens is 298 g/mol. The highest BCUT2D eigenvalue weighted by molar-refractivity contribution is 9.10. The summed E-state index contributed by atoms with van der Waals surface area (Å²) in [5.74, 6) is 0. The lowest BCUT2D eigenvalue weighted by molar-refractivity contribution is 0.199. The van der Waals surface area contributed by atoms with E-state index < -0.39 is 6.10 Å². The highest BCUT2D eigenvalue weighted by atomic mass is 79.9. The molecule has 0 aliphatic heterocycles. The molecule has 0 saturated carbocycles. The minimum Gasteiger partial charge on any atom is -0.389 e. The van der Waals surface area contributed by atoms with Gasteiger partial charge in [0, 0.05) is 15.6 Å². The van der Waals surface area contributed by atoms with Gasteiger partial charge in [-0.25, -0.2) is 4.98 Å². The molecule has 1 aromatic heterocycles. The van der Waals surface area contributed by atoms with Gasteiger partial charge in [0.1, 0.15) is 5.03 Å². The highest BCUT2D eigenvalue weighted by Gasteiger charge is 2.04. The van der Waals surface area contributed by atoms with E-state index in [0.29, 0.717) is 0 Å². The largest absolute Gasteiger partial charge is 0.389 e. The first-order chi connectivity index (χ1) is 8.15. The number of rotatable bonds is 3. The summed E-state index contributed by atoms with van der Waals surface area (Å²) in [6.07, 6.45) is 1.27. The summed E-state index contributed by atoms with van der Waals surface area (Å²) >= 11 is 5.02. The van der Waals surface area contributed by atoms with Crippen LogP contribution in [0.25, 0.3) is 0 Å². The van der Waals surface area contributed by atoms with Crippen molar-refractivity contribution < 1.29 is 5.11 Å². The quantitative estimate of drug-likeness (QED) is 0.928. The van der Waals surface area contributed by atoms with Crippen molar-refractivity contribution in [1.29, 1.82) is 0 Å². The Balaban J connectivity index is 2.21. The Morgan fingerprint density at radius 3 is 2.82 bits per heavy atom. The molecule has 2 aromatic rings. The van der Waals surface area contributed by atoms with E-state index in [1.54, 1.807) is 24.9 Å². The van der Waals surface area contributed by atoms with Crippen LogP contribution in [-0.4, -0.2) is 10.1 Å². The molecule has 0 spiro atoms. The van der Waals surface area contributed by atoms with Crippen LogP contribution in [0.5, 0.6) is 0 Å². The van der Waals surface area contributed by atoms with E-state index in [4.69, 9.17) is 0 Å². The second-order valence-corrected chi connectivity index (χ2v) is 5.67. The van der Waals surface area contributed by atoms with Crippen LogP contribution in [0.1, 0.15) is 18.6 Å². The van der Waals surface area contributed by atoms with Gasteiger partial charge in [0.2, 0.25) is 0 Å². The normalized spacial score (nSPS) is 12.4. The number of nitrogens with zero attached hydrogens (tertiary/aromatic N) is 1. The summed E-state index contributed by atoms with van der Waals surface area (Å²) < 4.78 is 1.05. The zero-order chi connectivity index (χ0) is 12.3. The third kappa shape index (κ3) is 3.56. The molecule has 2 nitrogen and oxygen atoms in total. The van der Waals surface area contributed by atoms with E-state index in [1.807, 2.05) is 36.4 Å². The zero-order valence-electron chi connectivity index (χ0n) is 9.30. The van der Waals surface area contributed by atoms with Crippen LogP contribution < -0.4 is 0 Å². The monoisotopic (exact) mass is 309 g/mol. The lowest BCUT2D eigenvalue weighted by atomic mass is 10.2. The summed E-state index contributed by atoms with van der Waals surface area (Å²) in [6.45, 7) is 1.75. The Morgan fingerprint density at radius 2 is 2.12 bits per heavy atom. The van der Waals surface area contributed by atoms with Crippen LogP contribution in [0, 0.1) is 0 Å². The average molecular weight is 310 g/mol. The van der Waals surface area contributed by atoms with Crippen LogP contribution in [0.4, 0.5) is 0 Å². The lowest BCUT2D eigenvalue weighted by Crippen LogP contribution is -1.92. The molecule has 0 fully saturated rings. The summed E-state index contributed by atoms with van der Waals surface area (Å²) in [4.78, 5) is 5.40. The second-order valence-electron chi connectivity index (χ2n) is 3.66. The molecule has 0 saturated heterocycles. The first kappa shape index (κ1) is 12.6. The van der Waals surface area contributed by atoms with E-state index in [1.165, 1.54) is 0 Å². The SMILES string of the molecule is C[C@@H](O)c1ccnc(Sc2cccc(Br)c2)c1. The Labute approximate surface area is 113 Å². The number of hydrogen-bond donors (Lipinski definition) is 1. The molecule has 0 unspecified atom stereocenters. The number of halogens is 1. The molecule has 17 heavy (non-hydrogen) atoms. The Bertz CT molecular complexity index is 516. The summed E-state index contributed by atoms with van der Waals surface area (Å²) in [7, 11) is 0.